The van der Waals surface area contributed by atoms with Crippen molar-refractivity contribution in [2.24, 2.45) is 0 Å². The predicted molar refractivity (Wildman–Crippen MR) is 66.4 cm³/mol. The lowest BCUT2D eigenvalue weighted by atomic mass is 10.1. The summed E-state index contributed by atoms with van der Waals surface area (Å²) in [5.41, 5.74) is 2.79. The van der Waals surface area contributed by atoms with E-state index in [2.05, 4.69) is 59.1 Å². The molecule has 1 nitrogen and oxygen atoms in total. The smallest absolute Gasteiger partial charge is 0.0205 e. The van der Waals surface area contributed by atoms with E-state index < -0.39 is 0 Å². The summed E-state index contributed by atoms with van der Waals surface area (Å²) in [4.78, 5) is 0. The summed E-state index contributed by atoms with van der Waals surface area (Å²) in [7, 11) is 0. The van der Waals surface area contributed by atoms with E-state index in [9.17, 15) is 0 Å². The Morgan fingerprint density at radius 2 is 1.77 bits per heavy atom. The Balaban J connectivity index is 2.40. The van der Waals surface area contributed by atoms with Crippen LogP contribution in [0.25, 0.3) is 0 Å². The Morgan fingerprint density at radius 3 is 2.31 bits per heavy atom. The fourth-order valence-electron chi connectivity index (χ4n) is 1.19. The molecular weight excluding hydrogens is 273 g/mol. The molecule has 0 heterocycles. The largest absolute Gasteiger partial charge is 0.312 e. The molecule has 0 fully saturated rings. The number of benzene rings is 1. The Bertz CT molecular complexity index is 230. The number of hydrogen-bond acceptors (Lipinski definition) is 1. The van der Waals surface area contributed by atoms with Gasteiger partial charge in [0.05, 0.1) is 0 Å². The first kappa shape index (κ1) is 11.0. The molecule has 72 valence electrons. The second kappa shape index (κ2) is 6.38. The first-order valence-corrected chi connectivity index (χ1v) is 6.24. The Kier molecular flexibility index (Phi) is 5.39. The fraction of sp³-hybridized carbons (Fsp3) is 0.455. The zero-order chi connectivity index (χ0) is 9.52. The number of nitrogens with one attached hydrogen (secondary N) is 1. The Morgan fingerprint density at radius 1 is 1.15 bits per heavy atom. The summed E-state index contributed by atoms with van der Waals surface area (Å²) in [6.45, 7) is 4.27. The van der Waals surface area contributed by atoms with E-state index in [1.807, 2.05) is 0 Å². The van der Waals surface area contributed by atoms with Crippen LogP contribution < -0.4 is 5.32 Å². The van der Waals surface area contributed by atoms with E-state index in [1.54, 1.807) is 0 Å². The molecule has 0 bridgehead atoms. The number of halogens is 1. The molecule has 0 saturated carbocycles. The van der Waals surface area contributed by atoms with Crippen molar-refractivity contribution in [2.75, 3.05) is 11.0 Å². The number of hydrogen-bond donors (Lipinski definition) is 1. The van der Waals surface area contributed by atoms with Gasteiger partial charge < -0.3 is 5.32 Å². The highest BCUT2D eigenvalue weighted by atomic mass is 127. The molecule has 0 aromatic heterocycles. The second-order valence-electron chi connectivity index (χ2n) is 3.04. The molecule has 1 aromatic carbocycles. The molecule has 0 aliphatic heterocycles. The predicted octanol–water partition coefficient (Wildman–Crippen LogP) is 2.77. The van der Waals surface area contributed by atoms with E-state index in [-0.39, 0.29) is 0 Å². The molecule has 0 radical (unpaired) electrons. The maximum Gasteiger partial charge on any atom is 0.0205 e. The Hall–Kier alpha value is -0.0900. The minimum Gasteiger partial charge on any atom is -0.312 e. The van der Waals surface area contributed by atoms with Crippen molar-refractivity contribution in [3.63, 3.8) is 0 Å². The monoisotopic (exact) mass is 289 g/mol. The van der Waals surface area contributed by atoms with Gasteiger partial charge in [-0.05, 0) is 17.5 Å². The molecule has 0 spiro atoms. The quantitative estimate of drug-likeness (QED) is 0.499. The Labute approximate surface area is 94.1 Å². The third kappa shape index (κ3) is 4.09. The molecule has 0 amide bonds. The van der Waals surface area contributed by atoms with Crippen LogP contribution >= 0.6 is 22.6 Å². The van der Waals surface area contributed by atoms with Crippen LogP contribution in [0.1, 0.15) is 18.1 Å². The average Bonchev–Trinajstić information content (AvgIpc) is 2.19. The van der Waals surface area contributed by atoms with Gasteiger partial charge in [0.1, 0.15) is 0 Å². The van der Waals surface area contributed by atoms with E-state index in [0.717, 1.165) is 19.5 Å². The fourth-order valence-corrected chi connectivity index (χ4v) is 1.57. The lowest BCUT2D eigenvalue weighted by Gasteiger charge is -2.03. The third-order valence-corrected chi connectivity index (χ3v) is 2.57. The van der Waals surface area contributed by atoms with Crippen LogP contribution in [0, 0.1) is 0 Å². The number of alkyl halides is 1. The zero-order valence-corrected chi connectivity index (χ0v) is 10.2. The van der Waals surface area contributed by atoms with Gasteiger partial charge in [0, 0.05) is 17.5 Å². The van der Waals surface area contributed by atoms with E-state index in [1.165, 1.54) is 15.6 Å². The van der Waals surface area contributed by atoms with Gasteiger partial charge in [0.25, 0.3) is 0 Å². The molecule has 0 aliphatic rings. The molecular formula is C11H16IN. The lowest BCUT2D eigenvalue weighted by molar-refractivity contribution is 0.736. The van der Waals surface area contributed by atoms with Crippen molar-refractivity contribution in [3.05, 3.63) is 35.4 Å². The summed E-state index contributed by atoms with van der Waals surface area (Å²) in [6.07, 6.45) is 1.13. The van der Waals surface area contributed by atoms with Crippen LogP contribution in [0.2, 0.25) is 0 Å². The third-order valence-electron chi connectivity index (χ3n) is 2.03. The van der Waals surface area contributed by atoms with Gasteiger partial charge in [0.15, 0.2) is 0 Å². The van der Waals surface area contributed by atoms with Crippen LogP contribution in [0.15, 0.2) is 24.3 Å². The minimum atomic E-state index is 0.993. The standard InChI is InChI=1S/C11H16IN/c1-2-10-3-5-11(6-4-10)9-13-8-7-12/h3-6,13H,2,7-9H2,1H3. The van der Waals surface area contributed by atoms with Crippen LogP contribution in [-0.2, 0) is 13.0 Å². The van der Waals surface area contributed by atoms with Crippen molar-refractivity contribution in [1.29, 1.82) is 0 Å². The van der Waals surface area contributed by atoms with Gasteiger partial charge in [-0.15, -0.1) is 0 Å². The van der Waals surface area contributed by atoms with Gasteiger partial charge in [-0.1, -0.05) is 53.8 Å². The maximum absolute atomic E-state index is 3.38. The summed E-state index contributed by atoms with van der Waals surface area (Å²) in [5, 5.41) is 3.38. The van der Waals surface area contributed by atoms with Crippen LogP contribution in [0.5, 0.6) is 0 Å². The lowest BCUT2D eigenvalue weighted by Crippen LogP contribution is -2.15. The molecule has 1 aromatic rings. The topological polar surface area (TPSA) is 12.0 Å². The molecule has 0 aliphatic carbocycles. The van der Waals surface area contributed by atoms with Gasteiger partial charge in [0.2, 0.25) is 0 Å². The average molecular weight is 289 g/mol. The highest BCUT2D eigenvalue weighted by molar-refractivity contribution is 14.1. The normalized spacial score (nSPS) is 10.3. The number of rotatable bonds is 5. The molecule has 2 heteroatoms. The number of aryl methyl sites for hydroxylation is 1. The summed E-state index contributed by atoms with van der Waals surface area (Å²) in [5.74, 6) is 0. The van der Waals surface area contributed by atoms with Crippen molar-refractivity contribution < 1.29 is 0 Å². The van der Waals surface area contributed by atoms with Gasteiger partial charge in [-0.2, -0.15) is 0 Å². The second-order valence-corrected chi connectivity index (χ2v) is 4.11. The van der Waals surface area contributed by atoms with Crippen LogP contribution in [-0.4, -0.2) is 11.0 Å². The van der Waals surface area contributed by atoms with Crippen LogP contribution in [0.3, 0.4) is 0 Å². The van der Waals surface area contributed by atoms with Crippen molar-refractivity contribution in [1.82, 2.24) is 5.32 Å². The van der Waals surface area contributed by atoms with Crippen LogP contribution in [0.4, 0.5) is 0 Å². The zero-order valence-electron chi connectivity index (χ0n) is 8.02. The molecule has 0 saturated heterocycles. The van der Waals surface area contributed by atoms with Crippen molar-refractivity contribution in [2.45, 2.75) is 19.9 Å². The van der Waals surface area contributed by atoms with E-state index >= 15 is 0 Å². The molecule has 0 unspecified atom stereocenters. The first-order valence-electron chi connectivity index (χ1n) is 4.71. The molecule has 1 N–H and O–H groups in total. The summed E-state index contributed by atoms with van der Waals surface area (Å²) >= 11 is 2.38. The van der Waals surface area contributed by atoms with Gasteiger partial charge in [-0.25, -0.2) is 0 Å². The first-order chi connectivity index (χ1) is 6.36. The van der Waals surface area contributed by atoms with Gasteiger partial charge in [-0.3, -0.25) is 0 Å². The SMILES string of the molecule is CCc1ccc(CNCCI)cc1. The van der Waals surface area contributed by atoms with Crippen molar-refractivity contribution in [3.8, 4) is 0 Å². The van der Waals surface area contributed by atoms with Crippen molar-refractivity contribution >= 4 is 22.6 Å². The molecule has 0 atom stereocenters. The van der Waals surface area contributed by atoms with E-state index in [4.69, 9.17) is 0 Å². The summed E-state index contributed by atoms with van der Waals surface area (Å²) in [6, 6.07) is 8.83. The minimum absolute atomic E-state index is 0.993. The maximum atomic E-state index is 3.38. The highest BCUT2D eigenvalue weighted by Gasteiger charge is 1.92. The summed E-state index contributed by atoms with van der Waals surface area (Å²) < 4.78 is 1.17. The molecule has 1 rings (SSSR count). The van der Waals surface area contributed by atoms with Gasteiger partial charge >= 0.3 is 0 Å². The highest BCUT2D eigenvalue weighted by Crippen LogP contribution is 2.04. The molecule has 13 heavy (non-hydrogen) atoms. The van der Waals surface area contributed by atoms with E-state index in [0.29, 0.717) is 0 Å².